The molecule has 4 heterocycles. The van der Waals surface area contributed by atoms with Gasteiger partial charge in [0.1, 0.15) is 33.7 Å². The maximum absolute atomic E-state index is 13.8. The summed E-state index contributed by atoms with van der Waals surface area (Å²) in [4.78, 5) is 70.0. The zero-order valence-electron chi connectivity index (χ0n) is 29.4. The van der Waals surface area contributed by atoms with Gasteiger partial charge in [0.25, 0.3) is 17.4 Å². The Morgan fingerprint density at radius 2 is 1.71 bits per heavy atom. The number of hydrogen-bond donors (Lipinski definition) is 6. The zero-order chi connectivity index (χ0) is 40.1. The standard InChI is InChI=1S/C35H35N7O10S4/c1-19-39-40-35(55-19)54-18-22-17-53-33-27(32(48)42(33)28(22)34(49)50)38-31(47)26(21-5-3-2-4-6-21)37-30(46)24-11-12-25(36-29(24)45)20-7-9-23(10-8-20)56(51,52)41(13-15-43)14-16-44/h2-12,26-27,33,43-44H,13-18H2,1H3,(H,36,45)(H,37,46)(H,38,47)(H,49,50)/t26-,27?,33-/m1/s1. The first-order valence-electron chi connectivity index (χ1n) is 16.9. The van der Waals surface area contributed by atoms with E-state index in [0.29, 0.717) is 26.8 Å². The lowest BCUT2D eigenvalue weighted by Gasteiger charge is -2.49. The van der Waals surface area contributed by atoms with Crippen molar-refractivity contribution in [3.8, 4) is 11.3 Å². The Balaban J connectivity index is 1.16. The Morgan fingerprint density at radius 1 is 1.02 bits per heavy atom. The van der Waals surface area contributed by atoms with Gasteiger partial charge in [-0.1, -0.05) is 65.6 Å². The predicted molar refractivity (Wildman–Crippen MR) is 207 cm³/mol. The van der Waals surface area contributed by atoms with Gasteiger partial charge in [0.05, 0.1) is 18.1 Å². The SMILES string of the molecule is Cc1nnc(SCC2=C(C(=O)O)N3C(=O)C(NC(=O)[C@H](NC(=O)c4ccc(-c5ccc(S(=O)(=O)N(CCO)CCO)cc5)[nH]c4=O)c4ccccc4)[C@H]3SC2)s1. The topological polar surface area (TPSA) is 252 Å². The summed E-state index contributed by atoms with van der Waals surface area (Å²) in [5, 5.41) is 41.9. The molecule has 3 amide bonds. The number of aliphatic hydroxyl groups excluding tert-OH is 2. The number of nitrogens with one attached hydrogen (secondary N) is 3. The molecule has 0 radical (unpaired) electrons. The highest BCUT2D eigenvalue weighted by Gasteiger charge is 2.54. The lowest BCUT2D eigenvalue weighted by atomic mass is 10.0. The van der Waals surface area contributed by atoms with Crippen molar-refractivity contribution in [1.82, 2.24) is 35.0 Å². The lowest BCUT2D eigenvalue weighted by molar-refractivity contribution is -0.151. The average Bonchev–Trinajstić information content (AvgIpc) is 3.62. The number of fused-ring (bicyclic) bond motifs is 1. The van der Waals surface area contributed by atoms with Crippen LogP contribution < -0.4 is 16.2 Å². The number of aromatic nitrogens is 3. The molecular formula is C35H35N7O10S4. The molecule has 0 bridgehead atoms. The van der Waals surface area contributed by atoms with Crippen LogP contribution >= 0.6 is 34.9 Å². The molecule has 0 spiro atoms. The predicted octanol–water partition coefficient (Wildman–Crippen LogP) is 1.18. The molecule has 3 atom stereocenters. The maximum atomic E-state index is 13.8. The fraction of sp³-hybridized carbons (Fsp3) is 0.286. The number of carboxylic acid groups (broad SMARTS) is 1. The normalized spacial score (nSPS) is 17.3. The van der Waals surface area contributed by atoms with E-state index in [2.05, 4.69) is 25.8 Å². The first-order chi connectivity index (χ1) is 26.8. The number of carboxylic acids is 1. The van der Waals surface area contributed by atoms with E-state index < -0.39 is 69.9 Å². The highest BCUT2D eigenvalue weighted by atomic mass is 32.2. The van der Waals surface area contributed by atoms with Crippen LogP contribution in [0.5, 0.6) is 0 Å². The van der Waals surface area contributed by atoms with Crippen LogP contribution in [-0.2, 0) is 24.4 Å². The monoisotopic (exact) mass is 841 g/mol. The molecule has 17 nitrogen and oxygen atoms in total. The van der Waals surface area contributed by atoms with Crippen LogP contribution in [-0.4, -0.2) is 121 Å². The van der Waals surface area contributed by atoms with Gasteiger partial charge in [-0.25, -0.2) is 13.2 Å². The van der Waals surface area contributed by atoms with Crippen LogP contribution in [0, 0.1) is 6.92 Å². The van der Waals surface area contributed by atoms with Crippen molar-refractivity contribution < 1.29 is 42.9 Å². The summed E-state index contributed by atoms with van der Waals surface area (Å²) in [5.74, 6) is -2.96. The van der Waals surface area contributed by atoms with Crippen molar-refractivity contribution in [3.05, 3.63) is 104 Å². The van der Waals surface area contributed by atoms with Crippen molar-refractivity contribution in [1.29, 1.82) is 0 Å². The van der Waals surface area contributed by atoms with Crippen molar-refractivity contribution in [3.63, 3.8) is 0 Å². The minimum absolute atomic E-state index is 0.0941. The van der Waals surface area contributed by atoms with Gasteiger partial charge in [-0.3, -0.25) is 24.1 Å². The molecule has 0 saturated carbocycles. The van der Waals surface area contributed by atoms with Gasteiger partial charge in [-0.2, -0.15) is 4.31 Å². The largest absolute Gasteiger partial charge is 0.477 e. The maximum Gasteiger partial charge on any atom is 0.352 e. The molecule has 2 aromatic heterocycles. The van der Waals surface area contributed by atoms with Gasteiger partial charge in [-0.05, 0) is 47.9 Å². The van der Waals surface area contributed by atoms with E-state index in [0.717, 1.165) is 14.2 Å². The second kappa shape index (κ2) is 17.5. The number of H-pyrrole nitrogens is 1. The van der Waals surface area contributed by atoms with Crippen molar-refractivity contribution in [2.75, 3.05) is 37.8 Å². The fourth-order valence-electron chi connectivity index (χ4n) is 6.02. The number of benzene rings is 2. The van der Waals surface area contributed by atoms with E-state index in [4.69, 9.17) is 0 Å². The summed E-state index contributed by atoms with van der Waals surface area (Å²) in [5.41, 5.74) is 0.305. The Labute approximate surface area is 332 Å². The molecule has 1 unspecified atom stereocenters. The Bertz CT molecular complexity index is 2330. The summed E-state index contributed by atoms with van der Waals surface area (Å²) >= 11 is 4.00. The molecule has 0 aliphatic carbocycles. The number of aliphatic hydroxyl groups is 2. The Kier molecular flexibility index (Phi) is 12.7. The van der Waals surface area contributed by atoms with Crippen LogP contribution in [0.4, 0.5) is 0 Å². The quantitative estimate of drug-likeness (QED) is 0.0685. The number of aromatic amines is 1. The number of nitrogens with zero attached hydrogens (tertiary/aromatic N) is 4. The van der Waals surface area contributed by atoms with E-state index in [1.807, 2.05) is 6.92 Å². The van der Waals surface area contributed by atoms with E-state index >= 15 is 0 Å². The number of amides is 3. The molecule has 2 aromatic carbocycles. The zero-order valence-corrected chi connectivity index (χ0v) is 32.7. The Morgan fingerprint density at radius 3 is 2.32 bits per heavy atom. The fourth-order valence-corrected chi connectivity index (χ4v) is 10.7. The number of aryl methyl sites for hydroxylation is 1. The van der Waals surface area contributed by atoms with Crippen molar-refractivity contribution >= 4 is 68.6 Å². The molecule has 2 aliphatic rings. The number of hydrogen-bond acceptors (Lipinski definition) is 14. The molecule has 56 heavy (non-hydrogen) atoms. The molecule has 4 aromatic rings. The van der Waals surface area contributed by atoms with Crippen molar-refractivity contribution in [2.24, 2.45) is 0 Å². The minimum atomic E-state index is -4.02. The van der Waals surface area contributed by atoms with Crippen LogP contribution in [0.25, 0.3) is 11.3 Å². The van der Waals surface area contributed by atoms with E-state index in [-0.39, 0.29) is 40.7 Å². The van der Waals surface area contributed by atoms with Gasteiger partial charge >= 0.3 is 5.97 Å². The van der Waals surface area contributed by atoms with E-state index in [9.17, 15) is 47.7 Å². The summed E-state index contributed by atoms with van der Waals surface area (Å²) in [7, 11) is -4.02. The molecule has 6 rings (SSSR count). The van der Waals surface area contributed by atoms with E-state index in [1.165, 1.54) is 71.3 Å². The van der Waals surface area contributed by atoms with Gasteiger partial charge < -0.3 is 30.9 Å². The van der Waals surface area contributed by atoms with E-state index in [1.54, 1.807) is 30.3 Å². The summed E-state index contributed by atoms with van der Waals surface area (Å²) in [6, 6.07) is 14.0. The highest BCUT2D eigenvalue weighted by molar-refractivity contribution is 8.01. The average molecular weight is 842 g/mol. The van der Waals surface area contributed by atoms with Gasteiger partial charge in [0.2, 0.25) is 15.9 Å². The third-order valence-electron chi connectivity index (χ3n) is 8.75. The number of sulfonamides is 1. The van der Waals surface area contributed by atoms with Crippen LogP contribution in [0.15, 0.2) is 92.0 Å². The second-order valence-corrected chi connectivity index (χ2v) is 17.8. The number of carbonyl (C=O) groups excluding carboxylic acids is 3. The number of rotatable bonds is 16. The molecule has 1 fully saturated rings. The smallest absolute Gasteiger partial charge is 0.352 e. The summed E-state index contributed by atoms with van der Waals surface area (Å²) in [6.45, 7) is 0.529. The second-order valence-electron chi connectivity index (χ2n) is 12.3. The first kappa shape index (κ1) is 40.8. The summed E-state index contributed by atoms with van der Waals surface area (Å²) in [6.07, 6.45) is 0. The van der Waals surface area contributed by atoms with Gasteiger partial charge in [-0.15, -0.1) is 22.0 Å². The van der Waals surface area contributed by atoms with Gasteiger partial charge in [0, 0.05) is 30.3 Å². The molecule has 1 saturated heterocycles. The van der Waals surface area contributed by atoms with Crippen LogP contribution in [0.2, 0.25) is 0 Å². The molecule has 2 aliphatic heterocycles. The lowest BCUT2D eigenvalue weighted by Crippen LogP contribution is -2.71. The molecule has 294 valence electrons. The number of thioether (sulfide) groups is 2. The number of carbonyl (C=O) groups is 4. The summed E-state index contributed by atoms with van der Waals surface area (Å²) < 4.78 is 27.6. The molecular weight excluding hydrogens is 807 g/mol. The minimum Gasteiger partial charge on any atom is -0.477 e. The van der Waals surface area contributed by atoms with Gasteiger partial charge in [0.15, 0.2) is 4.34 Å². The number of β-lactam (4-membered cyclic amide) rings is 1. The van der Waals surface area contributed by atoms with Crippen LogP contribution in [0.3, 0.4) is 0 Å². The molecule has 21 heteroatoms. The number of pyridine rings is 1. The highest BCUT2D eigenvalue weighted by Crippen LogP contribution is 2.42. The third-order valence-corrected chi connectivity index (χ3v) is 14.1. The molecule has 6 N–H and O–H groups in total. The van der Waals surface area contributed by atoms with Crippen molar-refractivity contribution in [2.45, 2.75) is 33.6 Å². The number of aliphatic carboxylic acids is 1. The Hall–Kier alpha value is -4.90. The first-order valence-corrected chi connectivity index (χ1v) is 21.2. The van der Waals surface area contributed by atoms with Crippen LogP contribution in [0.1, 0.15) is 27.0 Å². The third kappa shape index (κ3) is 8.57.